The van der Waals surface area contributed by atoms with E-state index in [0.29, 0.717) is 22.8 Å². The van der Waals surface area contributed by atoms with Gasteiger partial charge in [0.2, 0.25) is 13.6 Å². The van der Waals surface area contributed by atoms with Crippen molar-refractivity contribution < 1.29 is 34.0 Å². The van der Waals surface area contributed by atoms with Gasteiger partial charge in [-0.05, 0) is 42.8 Å². The summed E-state index contributed by atoms with van der Waals surface area (Å²) in [4.78, 5) is 14.0. The number of likely N-dealkylation sites (N-methyl/N-ethyl adjacent to an activating group) is 1. The van der Waals surface area contributed by atoms with E-state index < -0.39 is 18.1 Å². The van der Waals surface area contributed by atoms with Crippen LogP contribution in [0.2, 0.25) is 0 Å². The zero-order chi connectivity index (χ0) is 19.4. The van der Waals surface area contributed by atoms with Gasteiger partial charge in [0, 0.05) is 12.1 Å². The molecule has 0 amide bonds. The molecule has 3 aliphatic heterocycles. The van der Waals surface area contributed by atoms with Crippen molar-refractivity contribution in [3.05, 3.63) is 46.5 Å². The molecule has 0 fully saturated rings. The van der Waals surface area contributed by atoms with Gasteiger partial charge in [0.15, 0.2) is 23.0 Å². The van der Waals surface area contributed by atoms with Gasteiger partial charge in [0.1, 0.15) is 5.56 Å². The maximum Gasteiger partial charge on any atom is 0.340 e. The normalized spacial score (nSPS) is 20.7. The maximum atomic E-state index is 12.0. The van der Waals surface area contributed by atoms with E-state index in [2.05, 4.69) is 0 Å². The molecule has 0 unspecified atom stereocenters. The minimum Gasteiger partial charge on any atom is -0.478 e. The van der Waals surface area contributed by atoms with E-state index in [9.17, 15) is 15.0 Å². The second kappa shape index (κ2) is 6.29. The Balaban J connectivity index is 1.62. The van der Waals surface area contributed by atoms with Crippen LogP contribution in [0.15, 0.2) is 24.3 Å². The lowest BCUT2D eigenvalue weighted by atomic mass is 9.85. The third-order valence-corrected chi connectivity index (χ3v) is 5.56. The number of carboxylic acid groups (broad SMARTS) is 1. The number of nitrogens with zero attached hydrogens (tertiary/aromatic N) is 1. The summed E-state index contributed by atoms with van der Waals surface area (Å²) in [6.07, 6.45) is -0.274. The first-order chi connectivity index (χ1) is 13.5. The number of aliphatic hydroxyl groups is 1. The largest absolute Gasteiger partial charge is 0.478 e. The minimum atomic E-state index is -1.17. The molecule has 0 aromatic heterocycles. The fraction of sp³-hybridized carbons (Fsp3) is 0.350. The van der Waals surface area contributed by atoms with Gasteiger partial charge in [-0.3, -0.25) is 4.90 Å². The van der Waals surface area contributed by atoms with Crippen molar-refractivity contribution in [2.45, 2.75) is 18.6 Å². The summed E-state index contributed by atoms with van der Waals surface area (Å²) in [5, 5.41) is 21.1. The molecule has 0 aliphatic carbocycles. The number of benzene rings is 2. The topological polar surface area (TPSA) is 97.7 Å². The molecule has 5 rings (SSSR count). The molecule has 0 radical (unpaired) electrons. The SMILES string of the molecule is CN1CCc2cc3c(cc2[C@H]1[C@H](O)c1ccc2c(c1C(=O)O)OCO2)OCO3. The van der Waals surface area contributed by atoms with Crippen molar-refractivity contribution in [3.8, 4) is 23.0 Å². The third kappa shape index (κ3) is 2.49. The summed E-state index contributed by atoms with van der Waals surface area (Å²) in [5.74, 6) is 0.699. The van der Waals surface area contributed by atoms with E-state index in [0.717, 1.165) is 24.1 Å². The molecule has 28 heavy (non-hydrogen) atoms. The quantitative estimate of drug-likeness (QED) is 0.829. The van der Waals surface area contributed by atoms with E-state index >= 15 is 0 Å². The Bertz CT molecular complexity index is 974. The van der Waals surface area contributed by atoms with E-state index in [1.165, 1.54) is 0 Å². The Morgan fingerprint density at radius 2 is 1.82 bits per heavy atom. The average Bonchev–Trinajstić information content (AvgIpc) is 3.33. The van der Waals surface area contributed by atoms with Crippen molar-refractivity contribution >= 4 is 5.97 Å². The Kier molecular flexibility index (Phi) is 3.85. The number of hydrogen-bond donors (Lipinski definition) is 2. The van der Waals surface area contributed by atoms with Crippen LogP contribution in [0.1, 0.15) is 39.2 Å². The van der Waals surface area contributed by atoms with E-state index in [1.807, 2.05) is 24.1 Å². The smallest absolute Gasteiger partial charge is 0.340 e. The molecule has 2 atom stereocenters. The molecule has 146 valence electrons. The van der Waals surface area contributed by atoms with Crippen LogP contribution in [0.5, 0.6) is 23.0 Å². The first-order valence-corrected chi connectivity index (χ1v) is 9.01. The zero-order valence-electron chi connectivity index (χ0n) is 15.2. The summed E-state index contributed by atoms with van der Waals surface area (Å²) in [6, 6.07) is 6.63. The van der Waals surface area contributed by atoms with E-state index in [1.54, 1.807) is 12.1 Å². The van der Waals surface area contributed by atoms with Crippen LogP contribution in [0.4, 0.5) is 0 Å². The molecule has 0 saturated carbocycles. The van der Waals surface area contributed by atoms with Crippen molar-refractivity contribution in [3.63, 3.8) is 0 Å². The second-order valence-electron chi connectivity index (χ2n) is 7.09. The van der Waals surface area contributed by atoms with Crippen LogP contribution in [-0.2, 0) is 6.42 Å². The number of aromatic carboxylic acids is 1. The molecule has 0 bridgehead atoms. The summed E-state index contributed by atoms with van der Waals surface area (Å²) < 4.78 is 21.6. The standard InChI is InChI=1S/C20H19NO7/c1-21-5-4-10-6-14-15(27-8-26-14)7-12(10)17(21)18(22)11-2-3-13-19(28-9-25-13)16(11)20(23)24/h2-3,6-7,17-18,22H,4-5,8-9H2,1H3,(H,23,24)/t17-,18+/m0/s1. The molecule has 2 aromatic carbocycles. The molecule has 8 heteroatoms. The number of ether oxygens (including phenoxy) is 4. The van der Waals surface area contributed by atoms with Crippen LogP contribution in [0.3, 0.4) is 0 Å². The maximum absolute atomic E-state index is 12.0. The molecule has 2 N–H and O–H groups in total. The first-order valence-electron chi connectivity index (χ1n) is 9.01. The summed E-state index contributed by atoms with van der Waals surface area (Å²) in [6.45, 7) is 0.860. The van der Waals surface area contributed by atoms with Crippen molar-refractivity contribution in [1.29, 1.82) is 0 Å². The Hall–Kier alpha value is -2.97. The number of aliphatic hydroxyl groups excluding tert-OH is 1. The van der Waals surface area contributed by atoms with Crippen LogP contribution >= 0.6 is 0 Å². The Morgan fingerprint density at radius 1 is 1.11 bits per heavy atom. The zero-order valence-corrected chi connectivity index (χ0v) is 15.2. The lowest BCUT2D eigenvalue weighted by Gasteiger charge is -2.38. The Labute approximate surface area is 160 Å². The lowest BCUT2D eigenvalue weighted by Crippen LogP contribution is -2.36. The van der Waals surface area contributed by atoms with E-state index in [-0.39, 0.29) is 24.9 Å². The van der Waals surface area contributed by atoms with Crippen molar-refractivity contribution in [1.82, 2.24) is 4.90 Å². The molecule has 0 saturated heterocycles. The minimum absolute atomic E-state index is 0.0369. The van der Waals surface area contributed by atoms with Crippen molar-refractivity contribution in [2.24, 2.45) is 0 Å². The molecule has 3 aliphatic rings. The molecule has 3 heterocycles. The number of fused-ring (bicyclic) bond motifs is 3. The Morgan fingerprint density at radius 3 is 2.61 bits per heavy atom. The molecule has 2 aromatic rings. The summed E-state index contributed by atoms with van der Waals surface area (Å²) in [7, 11) is 1.91. The highest BCUT2D eigenvalue weighted by Crippen LogP contribution is 2.47. The van der Waals surface area contributed by atoms with Gasteiger partial charge in [-0.1, -0.05) is 6.07 Å². The van der Waals surface area contributed by atoms with Crippen LogP contribution in [-0.4, -0.2) is 48.3 Å². The lowest BCUT2D eigenvalue weighted by molar-refractivity contribution is 0.0519. The van der Waals surface area contributed by atoms with Crippen LogP contribution in [0, 0.1) is 0 Å². The van der Waals surface area contributed by atoms with Gasteiger partial charge in [0.05, 0.1) is 12.1 Å². The first kappa shape index (κ1) is 17.2. The van der Waals surface area contributed by atoms with Gasteiger partial charge in [-0.15, -0.1) is 0 Å². The highest BCUT2D eigenvalue weighted by Gasteiger charge is 2.37. The fourth-order valence-electron chi connectivity index (χ4n) is 4.20. The number of hydrogen-bond acceptors (Lipinski definition) is 7. The summed E-state index contributed by atoms with van der Waals surface area (Å²) in [5.41, 5.74) is 2.19. The molecule has 8 nitrogen and oxygen atoms in total. The molecular formula is C20H19NO7. The van der Waals surface area contributed by atoms with Gasteiger partial charge in [-0.2, -0.15) is 0 Å². The third-order valence-electron chi connectivity index (χ3n) is 5.56. The van der Waals surface area contributed by atoms with Gasteiger partial charge < -0.3 is 29.2 Å². The monoisotopic (exact) mass is 385 g/mol. The highest BCUT2D eigenvalue weighted by atomic mass is 16.7. The van der Waals surface area contributed by atoms with Gasteiger partial charge in [-0.25, -0.2) is 4.79 Å². The number of rotatable bonds is 3. The van der Waals surface area contributed by atoms with Gasteiger partial charge in [0.25, 0.3) is 0 Å². The van der Waals surface area contributed by atoms with Crippen LogP contribution < -0.4 is 18.9 Å². The number of carbonyl (C=O) groups is 1. The van der Waals surface area contributed by atoms with Crippen molar-refractivity contribution in [2.75, 3.05) is 27.2 Å². The summed E-state index contributed by atoms with van der Waals surface area (Å²) >= 11 is 0. The number of carboxylic acids is 1. The average molecular weight is 385 g/mol. The van der Waals surface area contributed by atoms with E-state index in [4.69, 9.17) is 18.9 Å². The predicted molar refractivity (Wildman–Crippen MR) is 96.1 cm³/mol. The fourth-order valence-corrected chi connectivity index (χ4v) is 4.20. The molecule has 0 spiro atoms. The molecular weight excluding hydrogens is 366 g/mol. The van der Waals surface area contributed by atoms with Crippen LogP contribution in [0.25, 0.3) is 0 Å². The van der Waals surface area contributed by atoms with Gasteiger partial charge >= 0.3 is 5.97 Å². The predicted octanol–water partition coefficient (Wildman–Crippen LogP) is 2.10. The second-order valence-corrected chi connectivity index (χ2v) is 7.09. The highest BCUT2D eigenvalue weighted by molar-refractivity contribution is 5.94.